The number of nitrogens with zero attached hydrogens (tertiary/aromatic N) is 1. The van der Waals surface area contributed by atoms with Gasteiger partial charge in [0.05, 0.1) is 29.1 Å². The normalized spacial score (nSPS) is 19.8. The van der Waals surface area contributed by atoms with Gasteiger partial charge in [0.1, 0.15) is 12.1 Å². The minimum Gasteiger partial charge on any atom is -0.468 e. The maximum atomic E-state index is 13.4. The van der Waals surface area contributed by atoms with E-state index in [0.29, 0.717) is 56.7 Å². The highest BCUT2D eigenvalue weighted by atomic mass is 35.5. The number of rotatable bonds is 10. The number of anilines is 1. The summed E-state index contributed by atoms with van der Waals surface area (Å²) in [5.74, 6) is -0.740. The molecule has 45 heavy (non-hydrogen) atoms. The topological polar surface area (TPSA) is 126 Å². The lowest BCUT2D eigenvalue weighted by Crippen LogP contribution is -2.56. The first-order chi connectivity index (χ1) is 21.6. The van der Waals surface area contributed by atoms with Gasteiger partial charge in [-0.3, -0.25) is 19.2 Å². The van der Waals surface area contributed by atoms with Crippen molar-refractivity contribution in [2.75, 3.05) is 11.9 Å². The van der Waals surface area contributed by atoms with Gasteiger partial charge >= 0.3 is 0 Å². The van der Waals surface area contributed by atoms with E-state index in [-0.39, 0.29) is 28.3 Å². The summed E-state index contributed by atoms with van der Waals surface area (Å²) in [7, 11) is 0. The average Bonchev–Trinajstić information content (AvgIpc) is 3.52. The van der Waals surface area contributed by atoms with Crippen molar-refractivity contribution in [2.45, 2.75) is 97.2 Å². The van der Waals surface area contributed by atoms with E-state index in [1.54, 1.807) is 19.9 Å². The molecule has 0 aliphatic carbocycles. The van der Waals surface area contributed by atoms with Crippen molar-refractivity contribution >= 4 is 40.9 Å². The van der Waals surface area contributed by atoms with Gasteiger partial charge in [-0.2, -0.15) is 0 Å². The second-order valence-corrected chi connectivity index (χ2v) is 11.6. The summed E-state index contributed by atoms with van der Waals surface area (Å²) < 4.78 is 11.8. The molecule has 11 heteroatoms. The molecule has 10 nitrogen and oxygen atoms in total. The maximum Gasteiger partial charge on any atom is 0.251 e. The molecule has 4 rings (SSSR count). The second-order valence-electron chi connectivity index (χ2n) is 11.2. The van der Waals surface area contributed by atoms with E-state index < -0.39 is 30.3 Å². The summed E-state index contributed by atoms with van der Waals surface area (Å²) in [6.07, 6.45) is 3.20. The highest BCUT2D eigenvalue weighted by molar-refractivity contribution is 6.34. The zero-order valence-electron chi connectivity index (χ0n) is 26.6. The number of benzene rings is 2. The first kappa shape index (κ1) is 35.6. The Morgan fingerprint density at radius 3 is 2.47 bits per heavy atom. The third-order valence-corrected chi connectivity index (χ3v) is 7.63. The fraction of sp³-hybridized carbons (Fsp3) is 0.471. The number of ether oxygens (including phenoxy) is 2. The third-order valence-electron chi connectivity index (χ3n) is 7.31. The number of carbonyl (C=O) groups is 4. The monoisotopic (exact) mass is 640 g/mol. The molecule has 2 aromatic rings. The molecule has 3 N–H and O–H groups in total. The first-order valence-corrected chi connectivity index (χ1v) is 16.0. The van der Waals surface area contributed by atoms with Crippen LogP contribution in [0.2, 0.25) is 5.02 Å². The number of amides is 4. The van der Waals surface area contributed by atoms with Crippen molar-refractivity contribution in [2.24, 2.45) is 0 Å². The first-order valence-electron chi connectivity index (χ1n) is 15.6. The summed E-state index contributed by atoms with van der Waals surface area (Å²) in [5, 5.41) is 8.60. The van der Waals surface area contributed by atoms with Crippen molar-refractivity contribution < 1.29 is 28.7 Å². The zero-order chi connectivity index (χ0) is 32.9. The van der Waals surface area contributed by atoms with Gasteiger partial charge in [-0.05, 0) is 49.9 Å². The minimum absolute atomic E-state index is 0.200. The van der Waals surface area contributed by atoms with E-state index in [1.807, 2.05) is 30.3 Å². The van der Waals surface area contributed by atoms with E-state index in [9.17, 15) is 19.2 Å². The summed E-state index contributed by atoms with van der Waals surface area (Å²) in [5.41, 5.74) is 1.62. The fourth-order valence-electron chi connectivity index (χ4n) is 4.97. The third kappa shape index (κ3) is 10.3. The molecule has 2 fully saturated rings. The predicted octanol–water partition coefficient (Wildman–Crippen LogP) is 5.57. The van der Waals surface area contributed by atoms with Crippen molar-refractivity contribution in [3.8, 4) is 0 Å². The van der Waals surface area contributed by atoms with E-state index in [0.717, 1.165) is 5.56 Å². The Morgan fingerprint density at radius 1 is 1.09 bits per heavy atom. The van der Waals surface area contributed by atoms with Crippen LogP contribution in [0.4, 0.5) is 5.69 Å². The van der Waals surface area contributed by atoms with Crippen LogP contribution < -0.4 is 16.0 Å². The quantitative estimate of drug-likeness (QED) is 0.312. The van der Waals surface area contributed by atoms with E-state index in [4.69, 9.17) is 21.1 Å². The molecule has 4 amide bonds. The number of hydrogen-bond acceptors (Lipinski definition) is 6. The SMILES string of the molecule is C=C1CCC(NC(=O)C2CCCN2C(=O)C(C)NC(=O)c2ccc(NC(=O)CC)c(Cl)c2)C(OCc2ccccc2)O1.CCC. The predicted molar refractivity (Wildman–Crippen MR) is 174 cm³/mol. The highest BCUT2D eigenvalue weighted by Gasteiger charge is 2.39. The van der Waals surface area contributed by atoms with Crippen LogP contribution >= 0.6 is 11.6 Å². The highest BCUT2D eigenvalue weighted by Crippen LogP contribution is 2.26. The molecule has 2 aliphatic rings. The van der Waals surface area contributed by atoms with Crippen molar-refractivity contribution in [3.05, 3.63) is 77.0 Å². The number of allylic oxidation sites excluding steroid dienone is 1. The van der Waals surface area contributed by atoms with Gasteiger partial charge in [-0.1, -0.05) is 75.7 Å². The summed E-state index contributed by atoms with van der Waals surface area (Å²) in [4.78, 5) is 52.8. The Balaban J connectivity index is 0.00000177. The molecular formula is C34H45ClN4O6. The van der Waals surface area contributed by atoms with Crippen LogP contribution in [-0.2, 0) is 30.5 Å². The number of hydrogen-bond donors (Lipinski definition) is 3. The lowest BCUT2D eigenvalue weighted by Gasteiger charge is -2.35. The molecule has 0 saturated carbocycles. The molecule has 0 aromatic heterocycles. The van der Waals surface area contributed by atoms with Gasteiger partial charge in [0.15, 0.2) is 0 Å². The molecule has 4 unspecified atom stereocenters. The van der Waals surface area contributed by atoms with Crippen molar-refractivity contribution in [1.29, 1.82) is 0 Å². The number of nitrogens with one attached hydrogen (secondary N) is 3. The van der Waals surface area contributed by atoms with Gasteiger partial charge in [-0.15, -0.1) is 0 Å². The Hall–Kier alpha value is -3.89. The van der Waals surface area contributed by atoms with Crippen LogP contribution in [0.5, 0.6) is 0 Å². The zero-order valence-corrected chi connectivity index (χ0v) is 27.3. The van der Waals surface area contributed by atoms with E-state index in [1.165, 1.54) is 23.5 Å². The van der Waals surface area contributed by atoms with Crippen LogP contribution in [0.1, 0.15) is 82.1 Å². The lowest BCUT2D eigenvalue weighted by atomic mass is 10.1. The Labute approximate surface area is 270 Å². The van der Waals surface area contributed by atoms with Gasteiger partial charge in [0.2, 0.25) is 24.0 Å². The molecule has 2 aromatic carbocycles. The van der Waals surface area contributed by atoms with Gasteiger partial charge in [0, 0.05) is 24.9 Å². The molecule has 2 heterocycles. The van der Waals surface area contributed by atoms with Crippen LogP contribution in [-0.4, -0.2) is 59.5 Å². The molecule has 0 radical (unpaired) electrons. The fourth-order valence-corrected chi connectivity index (χ4v) is 5.20. The number of halogens is 1. The summed E-state index contributed by atoms with van der Waals surface area (Å²) in [6.45, 7) is 12.2. The Bertz CT molecular complexity index is 1340. The second kappa shape index (κ2) is 17.6. The van der Waals surface area contributed by atoms with Crippen molar-refractivity contribution in [3.63, 3.8) is 0 Å². The average molecular weight is 641 g/mol. The van der Waals surface area contributed by atoms with Crippen LogP contribution in [0, 0.1) is 0 Å². The lowest BCUT2D eigenvalue weighted by molar-refractivity contribution is -0.164. The Kier molecular flexibility index (Phi) is 13.9. The van der Waals surface area contributed by atoms with Crippen LogP contribution in [0.15, 0.2) is 60.9 Å². The molecular weight excluding hydrogens is 596 g/mol. The smallest absolute Gasteiger partial charge is 0.251 e. The maximum absolute atomic E-state index is 13.4. The molecule has 2 aliphatic heterocycles. The molecule has 0 spiro atoms. The summed E-state index contributed by atoms with van der Waals surface area (Å²) >= 11 is 6.24. The molecule has 0 bridgehead atoms. The molecule has 244 valence electrons. The van der Waals surface area contributed by atoms with Gasteiger partial charge in [-0.25, -0.2) is 0 Å². The van der Waals surface area contributed by atoms with Gasteiger partial charge < -0.3 is 30.3 Å². The molecule has 2 saturated heterocycles. The number of carbonyl (C=O) groups excluding carboxylic acids is 4. The molecule has 4 atom stereocenters. The van der Waals surface area contributed by atoms with E-state index >= 15 is 0 Å². The van der Waals surface area contributed by atoms with E-state index in [2.05, 4.69) is 36.4 Å². The standard InChI is InChI=1S/C31H37ClN4O6.C3H8/c1-4-27(37)34-24-15-13-22(17-23(24)32)28(38)33-20(3)30(40)36-16-8-11-26(36)29(39)35-25-14-12-19(2)42-31(25)41-18-21-9-6-5-7-10-21;1-3-2/h5-7,9-10,13,15,17,20,25-26,31H,2,4,8,11-12,14,16,18H2,1,3H3,(H,33,38)(H,34,37)(H,35,39);3H2,1-2H3. The van der Waals surface area contributed by atoms with Crippen LogP contribution in [0.25, 0.3) is 0 Å². The van der Waals surface area contributed by atoms with Crippen molar-refractivity contribution in [1.82, 2.24) is 15.5 Å². The largest absolute Gasteiger partial charge is 0.468 e. The summed E-state index contributed by atoms with van der Waals surface area (Å²) in [6, 6.07) is 12.2. The van der Waals surface area contributed by atoms with Gasteiger partial charge in [0.25, 0.3) is 5.91 Å². The Morgan fingerprint density at radius 2 is 1.80 bits per heavy atom. The van der Waals surface area contributed by atoms with Crippen LogP contribution in [0.3, 0.4) is 0 Å². The minimum atomic E-state index is -0.882. The number of likely N-dealkylation sites (tertiary alicyclic amines) is 1.